The molecule has 1 saturated carbocycles. The maximum atomic E-state index is 14.0. The van der Waals surface area contributed by atoms with Crippen LogP contribution in [0.2, 0.25) is 0 Å². The first-order valence-electron chi connectivity index (χ1n) is 13.0. The number of amides is 3. The largest absolute Gasteiger partial charge is 0.444 e. The molecule has 0 radical (unpaired) electrons. The summed E-state index contributed by atoms with van der Waals surface area (Å²) in [5.74, 6) is -0.175. The number of carbonyl (C=O) groups excluding carboxylic acids is 3. The van der Waals surface area contributed by atoms with E-state index in [4.69, 9.17) is 4.74 Å². The highest BCUT2D eigenvalue weighted by Crippen LogP contribution is 2.28. The molecular formula is C28H42N4O4S. The Morgan fingerprint density at radius 2 is 1.86 bits per heavy atom. The van der Waals surface area contributed by atoms with Crippen molar-refractivity contribution in [3.05, 3.63) is 34.9 Å². The normalized spacial score (nSPS) is 15.7. The van der Waals surface area contributed by atoms with Crippen LogP contribution in [0.1, 0.15) is 82.0 Å². The molecule has 0 heterocycles. The molecule has 204 valence electrons. The van der Waals surface area contributed by atoms with Crippen molar-refractivity contribution in [2.75, 3.05) is 18.6 Å². The molecule has 2 atom stereocenters. The zero-order valence-corrected chi connectivity index (χ0v) is 23.9. The average Bonchev–Trinajstić information content (AvgIpc) is 2.83. The lowest BCUT2D eigenvalue weighted by atomic mass is 9.92. The molecule has 8 nitrogen and oxygen atoms in total. The Morgan fingerprint density at radius 1 is 1.19 bits per heavy atom. The van der Waals surface area contributed by atoms with Crippen LogP contribution in [0.25, 0.3) is 0 Å². The van der Waals surface area contributed by atoms with Crippen LogP contribution in [0.15, 0.2) is 18.2 Å². The molecule has 0 bridgehead atoms. The van der Waals surface area contributed by atoms with Gasteiger partial charge in [-0.2, -0.15) is 17.0 Å². The standard InChI is InChI=1S/C28H42N4O4S/c1-19-11-10-14-22(20(19)2)24(25(33)30-21-12-8-7-9-13-21)32(17-16-29)26(34)23(15-18-37-6)31-27(35)36-28(3,4)5/h10-11,14,21,23-24H,7-9,12-13,15,17-18H2,1-6H3,(H,30,33)(H,31,35). The van der Waals surface area contributed by atoms with E-state index in [1.165, 1.54) is 4.90 Å². The lowest BCUT2D eigenvalue weighted by molar-refractivity contribution is -0.142. The van der Waals surface area contributed by atoms with Gasteiger partial charge in [-0.25, -0.2) is 4.79 Å². The average molecular weight is 531 g/mol. The van der Waals surface area contributed by atoms with Gasteiger partial charge in [-0.3, -0.25) is 9.59 Å². The van der Waals surface area contributed by atoms with Gasteiger partial charge >= 0.3 is 6.09 Å². The number of benzene rings is 1. The fourth-order valence-corrected chi connectivity index (χ4v) is 5.03. The van der Waals surface area contributed by atoms with Gasteiger partial charge in [0.15, 0.2) is 0 Å². The second-order valence-corrected chi connectivity index (χ2v) is 11.6. The molecule has 1 aliphatic carbocycles. The number of thioether (sulfide) groups is 1. The molecule has 2 unspecified atom stereocenters. The fraction of sp³-hybridized carbons (Fsp3) is 0.643. The SMILES string of the molecule is CSCCC(NC(=O)OC(C)(C)C)C(=O)N(CC#N)C(C(=O)NC1CCCCC1)c1cccc(C)c1C. The van der Waals surface area contributed by atoms with Crippen molar-refractivity contribution in [2.45, 2.75) is 96.9 Å². The Bertz CT molecular complexity index is 979. The van der Waals surface area contributed by atoms with Gasteiger partial charge in [-0.1, -0.05) is 37.5 Å². The highest BCUT2D eigenvalue weighted by molar-refractivity contribution is 7.98. The number of carbonyl (C=O) groups is 3. The summed E-state index contributed by atoms with van der Waals surface area (Å²) in [6, 6.07) is 5.83. The lowest BCUT2D eigenvalue weighted by Crippen LogP contribution is -2.54. The molecule has 1 fully saturated rings. The zero-order chi connectivity index (χ0) is 27.6. The van der Waals surface area contributed by atoms with Crippen molar-refractivity contribution < 1.29 is 19.1 Å². The van der Waals surface area contributed by atoms with Gasteiger partial charge in [0.2, 0.25) is 11.8 Å². The third-order valence-corrected chi connectivity index (χ3v) is 7.22. The van der Waals surface area contributed by atoms with Gasteiger partial charge in [0.05, 0.1) is 6.07 Å². The van der Waals surface area contributed by atoms with Crippen LogP contribution in [0.5, 0.6) is 0 Å². The highest BCUT2D eigenvalue weighted by atomic mass is 32.2. The van der Waals surface area contributed by atoms with Crippen LogP contribution in [-0.2, 0) is 14.3 Å². The van der Waals surface area contributed by atoms with Crippen LogP contribution in [0.3, 0.4) is 0 Å². The molecule has 0 saturated heterocycles. The molecule has 3 amide bonds. The summed E-state index contributed by atoms with van der Waals surface area (Å²) in [7, 11) is 0. The van der Waals surface area contributed by atoms with E-state index < -0.39 is 29.7 Å². The molecule has 1 aromatic carbocycles. The fourth-order valence-electron chi connectivity index (χ4n) is 4.56. The summed E-state index contributed by atoms with van der Waals surface area (Å²) in [5, 5.41) is 15.6. The van der Waals surface area contributed by atoms with E-state index >= 15 is 0 Å². The number of nitriles is 1. The number of nitrogens with one attached hydrogen (secondary N) is 2. The van der Waals surface area contributed by atoms with Gasteiger partial charge in [0.25, 0.3) is 0 Å². The molecule has 9 heteroatoms. The predicted molar refractivity (Wildman–Crippen MR) is 147 cm³/mol. The molecule has 1 aromatic rings. The Morgan fingerprint density at radius 3 is 2.46 bits per heavy atom. The smallest absolute Gasteiger partial charge is 0.408 e. The van der Waals surface area contributed by atoms with E-state index in [-0.39, 0.29) is 18.5 Å². The third-order valence-electron chi connectivity index (χ3n) is 6.58. The predicted octanol–water partition coefficient (Wildman–Crippen LogP) is 4.79. The van der Waals surface area contributed by atoms with E-state index in [0.29, 0.717) is 17.7 Å². The van der Waals surface area contributed by atoms with Gasteiger partial charge < -0.3 is 20.3 Å². The topological polar surface area (TPSA) is 112 Å². The number of nitrogens with zero attached hydrogens (tertiary/aromatic N) is 2. The second kappa shape index (κ2) is 14.3. The Balaban J connectivity index is 2.47. The molecule has 0 spiro atoms. The monoisotopic (exact) mass is 530 g/mol. The van der Waals surface area contributed by atoms with Crippen molar-refractivity contribution in [1.82, 2.24) is 15.5 Å². The van der Waals surface area contributed by atoms with Crippen molar-refractivity contribution in [2.24, 2.45) is 0 Å². The van der Waals surface area contributed by atoms with E-state index in [1.54, 1.807) is 32.5 Å². The number of aryl methyl sites for hydroxylation is 1. The van der Waals surface area contributed by atoms with Crippen molar-refractivity contribution in [3.63, 3.8) is 0 Å². The maximum Gasteiger partial charge on any atom is 0.408 e. The first-order chi connectivity index (χ1) is 17.5. The molecule has 0 aliphatic heterocycles. The van der Waals surface area contributed by atoms with Gasteiger partial charge in [0.1, 0.15) is 24.2 Å². The molecule has 1 aliphatic rings. The Kier molecular flexibility index (Phi) is 11.8. The zero-order valence-electron chi connectivity index (χ0n) is 23.1. The summed E-state index contributed by atoms with van der Waals surface area (Å²) in [5.41, 5.74) is 1.83. The number of ether oxygens (including phenoxy) is 1. The van der Waals surface area contributed by atoms with Crippen molar-refractivity contribution in [3.8, 4) is 6.07 Å². The molecular weight excluding hydrogens is 488 g/mol. The van der Waals surface area contributed by atoms with Crippen LogP contribution in [0.4, 0.5) is 4.79 Å². The molecule has 2 rings (SSSR count). The maximum absolute atomic E-state index is 14.0. The molecule has 0 aromatic heterocycles. The van der Waals surface area contributed by atoms with E-state index in [0.717, 1.165) is 43.2 Å². The van der Waals surface area contributed by atoms with Crippen LogP contribution in [-0.4, -0.2) is 59.0 Å². The lowest BCUT2D eigenvalue weighted by Gasteiger charge is -2.35. The minimum atomic E-state index is -0.994. The van der Waals surface area contributed by atoms with Crippen LogP contribution >= 0.6 is 11.8 Å². The Hall–Kier alpha value is -2.73. The van der Waals surface area contributed by atoms with Crippen LogP contribution in [0, 0.1) is 25.2 Å². The first kappa shape index (κ1) is 30.5. The number of hydrogen-bond donors (Lipinski definition) is 2. The highest BCUT2D eigenvalue weighted by Gasteiger charge is 2.37. The van der Waals surface area contributed by atoms with Crippen molar-refractivity contribution in [1.29, 1.82) is 5.26 Å². The number of hydrogen-bond acceptors (Lipinski definition) is 6. The van der Waals surface area contributed by atoms with E-state index in [1.807, 2.05) is 38.3 Å². The molecule has 2 N–H and O–H groups in total. The summed E-state index contributed by atoms with van der Waals surface area (Å²) in [4.78, 5) is 41.7. The van der Waals surface area contributed by atoms with Crippen LogP contribution < -0.4 is 10.6 Å². The van der Waals surface area contributed by atoms with Gasteiger partial charge in [-0.15, -0.1) is 0 Å². The quantitative estimate of drug-likeness (QED) is 0.421. The second-order valence-electron chi connectivity index (χ2n) is 10.6. The minimum Gasteiger partial charge on any atom is -0.444 e. The summed E-state index contributed by atoms with van der Waals surface area (Å²) < 4.78 is 5.39. The minimum absolute atomic E-state index is 0.0417. The number of rotatable bonds is 10. The summed E-state index contributed by atoms with van der Waals surface area (Å²) >= 11 is 1.54. The number of alkyl carbamates (subject to hydrolysis) is 1. The molecule has 37 heavy (non-hydrogen) atoms. The van der Waals surface area contributed by atoms with Crippen molar-refractivity contribution >= 4 is 29.7 Å². The first-order valence-corrected chi connectivity index (χ1v) is 14.4. The Labute approximate surface area is 225 Å². The summed E-state index contributed by atoms with van der Waals surface area (Å²) in [6.07, 6.45) is 6.59. The van der Waals surface area contributed by atoms with Gasteiger partial charge in [-0.05, 0) is 82.6 Å². The summed E-state index contributed by atoms with van der Waals surface area (Å²) in [6.45, 7) is 8.83. The van der Waals surface area contributed by atoms with Gasteiger partial charge in [0, 0.05) is 6.04 Å². The van der Waals surface area contributed by atoms with E-state index in [2.05, 4.69) is 16.7 Å². The van der Waals surface area contributed by atoms with E-state index in [9.17, 15) is 19.6 Å². The third kappa shape index (κ3) is 9.26.